The zero-order valence-electron chi connectivity index (χ0n) is 11.6. The molecule has 0 radical (unpaired) electrons. The van der Waals surface area contributed by atoms with Crippen LogP contribution in [0.15, 0.2) is 18.2 Å². The zero-order chi connectivity index (χ0) is 13.8. The molecule has 0 spiro atoms. The maximum atomic E-state index is 12.0. The molecule has 104 valence electrons. The molecule has 2 atom stereocenters. The largest absolute Gasteiger partial charge is 0.493 e. The van der Waals surface area contributed by atoms with E-state index in [1.165, 1.54) is 5.56 Å². The van der Waals surface area contributed by atoms with Gasteiger partial charge in [-0.25, -0.2) is 0 Å². The highest BCUT2D eigenvalue weighted by Gasteiger charge is 2.25. The average molecular weight is 262 g/mol. The summed E-state index contributed by atoms with van der Waals surface area (Å²) in [5.74, 6) is 0.810. The second-order valence-electron chi connectivity index (χ2n) is 5.02. The predicted octanol–water partition coefficient (Wildman–Crippen LogP) is 1.78. The van der Waals surface area contributed by atoms with Gasteiger partial charge in [-0.1, -0.05) is 32.0 Å². The van der Waals surface area contributed by atoms with E-state index in [0.29, 0.717) is 13.2 Å². The van der Waals surface area contributed by atoms with Crippen molar-refractivity contribution >= 4 is 5.91 Å². The molecule has 0 saturated carbocycles. The van der Waals surface area contributed by atoms with Crippen LogP contribution in [0.4, 0.5) is 0 Å². The Hall–Kier alpha value is -1.55. The van der Waals surface area contributed by atoms with Gasteiger partial charge in [0.1, 0.15) is 5.75 Å². The van der Waals surface area contributed by atoms with Crippen LogP contribution >= 0.6 is 0 Å². The monoisotopic (exact) mass is 262 g/mol. The molecule has 2 unspecified atom stereocenters. The van der Waals surface area contributed by atoms with Gasteiger partial charge in [-0.3, -0.25) is 4.79 Å². The van der Waals surface area contributed by atoms with Gasteiger partial charge in [-0.2, -0.15) is 0 Å². The average Bonchev–Trinajstić information content (AvgIpc) is 2.46. The van der Waals surface area contributed by atoms with Crippen molar-refractivity contribution in [1.29, 1.82) is 0 Å². The standard InChI is InChI=1S/C15H22N2O2/c1-3-11-5-4-6-12-13(7-8-19-14(11)12)17-15(18)10(2)9-16/h4-6,10,13H,3,7-9,16H2,1-2H3,(H,17,18). The molecule has 1 aromatic carbocycles. The summed E-state index contributed by atoms with van der Waals surface area (Å²) >= 11 is 0. The van der Waals surface area contributed by atoms with Crippen LogP contribution in [0.5, 0.6) is 5.75 Å². The molecule has 0 aliphatic carbocycles. The van der Waals surface area contributed by atoms with Gasteiger partial charge in [-0.05, 0) is 12.0 Å². The van der Waals surface area contributed by atoms with Crippen LogP contribution in [-0.4, -0.2) is 19.1 Å². The number of hydrogen-bond donors (Lipinski definition) is 2. The van der Waals surface area contributed by atoms with Gasteiger partial charge in [0.05, 0.1) is 12.6 Å². The number of carbonyl (C=O) groups excluding carboxylic acids is 1. The van der Waals surface area contributed by atoms with Crippen molar-refractivity contribution in [2.75, 3.05) is 13.2 Å². The van der Waals surface area contributed by atoms with Crippen molar-refractivity contribution in [1.82, 2.24) is 5.32 Å². The van der Waals surface area contributed by atoms with Crippen molar-refractivity contribution < 1.29 is 9.53 Å². The van der Waals surface area contributed by atoms with Crippen molar-refractivity contribution in [3.8, 4) is 5.75 Å². The molecular formula is C15H22N2O2. The highest BCUT2D eigenvalue weighted by molar-refractivity contribution is 5.79. The molecule has 4 heteroatoms. The minimum atomic E-state index is -0.152. The molecule has 2 rings (SSSR count). The van der Waals surface area contributed by atoms with Gasteiger partial charge in [0, 0.05) is 24.4 Å². The van der Waals surface area contributed by atoms with Crippen LogP contribution < -0.4 is 15.8 Å². The molecule has 1 aliphatic rings. The van der Waals surface area contributed by atoms with E-state index in [1.54, 1.807) is 0 Å². The number of ether oxygens (including phenoxy) is 1. The summed E-state index contributed by atoms with van der Waals surface area (Å²) < 4.78 is 5.77. The number of nitrogens with one attached hydrogen (secondary N) is 1. The Bertz CT molecular complexity index is 459. The SMILES string of the molecule is CCc1cccc2c1OCCC2NC(=O)C(C)CN. The fourth-order valence-electron chi connectivity index (χ4n) is 2.34. The number of rotatable bonds is 4. The Balaban J connectivity index is 2.21. The molecule has 0 fully saturated rings. The molecule has 1 aromatic rings. The Morgan fingerprint density at radius 1 is 1.58 bits per heavy atom. The zero-order valence-corrected chi connectivity index (χ0v) is 11.6. The number of amides is 1. The van der Waals surface area contributed by atoms with Crippen molar-refractivity contribution in [2.45, 2.75) is 32.7 Å². The quantitative estimate of drug-likeness (QED) is 0.869. The third kappa shape index (κ3) is 2.89. The van der Waals surface area contributed by atoms with E-state index in [2.05, 4.69) is 18.3 Å². The first-order chi connectivity index (χ1) is 9.17. The minimum Gasteiger partial charge on any atom is -0.493 e. The van der Waals surface area contributed by atoms with Crippen LogP contribution in [0.25, 0.3) is 0 Å². The van der Waals surface area contributed by atoms with Crippen molar-refractivity contribution in [3.05, 3.63) is 29.3 Å². The second kappa shape index (κ2) is 6.06. The van der Waals surface area contributed by atoms with Gasteiger partial charge >= 0.3 is 0 Å². The van der Waals surface area contributed by atoms with E-state index in [-0.39, 0.29) is 17.9 Å². The second-order valence-corrected chi connectivity index (χ2v) is 5.02. The topological polar surface area (TPSA) is 64.3 Å². The van der Waals surface area contributed by atoms with E-state index < -0.39 is 0 Å². The molecule has 19 heavy (non-hydrogen) atoms. The van der Waals surface area contributed by atoms with Crippen LogP contribution in [0, 0.1) is 5.92 Å². The lowest BCUT2D eigenvalue weighted by Gasteiger charge is -2.29. The summed E-state index contributed by atoms with van der Waals surface area (Å²) in [6.45, 7) is 4.97. The third-order valence-electron chi connectivity index (χ3n) is 3.65. The van der Waals surface area contributed by atoms with Gasteiger partial charge in [0.25, 0.3) is 0 Å². The maximum absolute atomic E-state index is 12.0. The maximum Gasteiger partial charge on any atom is 0.224 e. The molecule has 1 aliphatic heterocycles. The number of carbonyl (C=O) groups is 1. The minimum absolute atomic E-state index is 0.0160. The molecule has 0 saturated heterocycles. The summed E-state index contributed by atoms with van der Waals surface area (Å²) in [5, 5.41) is 3.08. The highest BCUT2D eigenvalue weighted by atomic mass is 16.5. The molecule has 4 nitrogen and oxygen atoms in total. The van der Waals surface area contributed by atoms with Gasteiger partial charge in [-0.15, -0.1) is 0 Å². The van der Waals surface area contributed by atoms with Gasteiger partial charge in [0.2, 0.25) is 5.91 Å². The summed E-state index contributed by atoms with van der Waals surface area (Å²) in [6, 6.07) is 6.17. The first-order valence-electron chi connectivity index (χ1n) is 6.92. The van der Waals surface area contributed by atoms with Crippen LogP contribution in [0.2, 0.25) is 0 Å². The molecular weight excluding hydrogens is 240 g/mol. The van der Waals surface area contributed by atoms with Gasteiger partial charge in [0.15, 0.2) is 0 Å². The number of hydrogen-bond acceptors (Lipinski definition) is 3. The first kappa shape index (κ1) is 13.9. The predicted molar refractivity (Wildman–Crippen MR) is 75.0 cm³/mol. The number of aryl methyl sites for hydroxylation is 1. The Morgan fingerprint density at radius 3 is 3.05 bits per heavy atom. The number of fused-ring (bicyclic) bond motifs is 1. The summed E-state index contributed by atoms with van der Waals surface area (Å²) in [7, 11) is 0. The number of nitrogens with two attached hydrogens (primary N) is 1. The molecule has 0 bridgehead atoms. The fourth-order valence-corrected chi connectivity index (χ4v) is 2.34. The molecule has 1 heterocycles. The van der Waals surface area contributed by atoms with Crippen molar-refractivity contribution in [3.63, 3.8) is 0 Å². The molecule has 1 amide bonds. The van der Waals surface area contributed by atoms with E-state index in [1.807, 2.05) is 19.1 Å². The van der Waals surface area contributed by atoms with E-state index in [0.717, 1.165) is 24.2 Å². The highest BCUT2D eigenvalue weighted by Crippen LogP contribution is 2.35. The summed E-state index contributed by atoms with van der Waals surface area (Å²) in [4.78, 5) is 12.0. The van der Waals surface area contributed by atoms with Gasteiger partial charge < -0.3 is 15.8 Å². The summed E-state index contributed by atoms with van der Waals surface area (Å²) in [5.41, 5.74) is 7.82. The molecule has 0 aromatic heterocycles. The van der Waals surface area contributed by atoms with E-state index in [9.17, 15) is 4.79 Å². The Morgan fingerprint density at radius 2 is 2.37 bits per heavy atom. The lowest BCUT2D eigenvalue weighted by Crippen LogP contribution is -2.37. The fraction of sp³-hybridized carbons (Fsp3) is 0.533. The smallest absolute Gasteiger partial charge is 0.224 e. The third-order valence-corrected chi connectivity index (χ3v) is 3.65. The normalized spacial score (nSPS) is 19.2. The van der Waals surface area contributed by atoms with E-state index >= 15 is 0 Å². The van der Waals surface area contributed by atoms with Crippen molar-refractivity contribution in [2.24, 2.45) is 11.7 Å². The van der Waals surface area contributed by atoms with E-state index in [4.69, 9.17) is 10.5 Å². The lowest BCUT2D eigenvalue weighted by molar-refractivity contribution is -0.125. The van der Waals surface area contributed by atoms with Crippen LogP contribution in [0.1, 0.15) is 37.4 Å². The van der Waals surface area contributed by atoms with Crippen LogP contribution in [0.3, 0.4) is 0 Å². The first-order valence-corrected chi connectivity index (χ1v) is 6.92. The molecule has 3 N–H and O–H groups in total. The lowest BCUT2D eigenvalue weighted by atomic mass is 9.96. The number of para-hydroxylation sites is 1. The van der Waals surface area contributed by atoms with Crippen LogP contribution in [-0.2, 0) is 11.2 Å². The number of benzene rings is 1. The Labute approximate surface area is 114 Å². The summed E-state index contributed by atoms with van der Waals surface area (Å²) in [6.07, 6.45) is 1.74. The Kier molecular flexibility index (Phi) is 4.43.